The Balaban J connectivity index is -0.0000000583. The van der Waals surface area contributed by atoms with Gasteiger partial charge in [-0.3, -0.25) is 0 Å². The molecular formula is C6H12UV-2. The molecule has 2 heteroatoms. The van der Waals surface area contributed by atoms with Crippen LogP contribution in [0, 0.1) is 44.5 Å². The monoisotopic (exact) mass is 373 g/mol. The van der Waals surface area contributed by atoms with Gasteiger partial charge in [0.1, 0.15) is 0 Å². The van der Waals surface area contributed by atoms with Crippen molar-refractivity contribution in [3.05, 3.63) is 13.3 Å². The van der Waals surface area contributed by atoms with Gasteiger partial charge in [-0.1, -0.05) is 0 Å². The second-order valence-corrected chi connectivity index (χ2v) is 1.22. The van der Waals surface area contributed by atoms with Crippen molar-refractivity contribution in [3.63, 3.8) is 0 Å². The summed E-state index contributed by atoms with van der Waals surface area (Å²) in [6.45, 7) is 5.00. The Morgan fingerprint density at radius 2 is 1.38 bits per heavy atom. The van der Waals surface area contributed by atoms with E-state index in [4.69, 9.17) is 0 Å². The average Bonchev–Trinajstić information content (AvgIpc) is 1.36. The van der Waals surface area contributed by atoms with Crippen molar-refractivity contribution >= 4 is 0 Å². The zero-order chi connectivity index (χ0) is 4.83. The minimum Gasteiger partial charge on any atom is -0.346 e. The fourth-order valence-corrected chi connectivity index (χ4v) is 0.204. The molecular weight excluding hydrogens is 361 g/mol. The van der Waals surface area contributed by atoms with Gasteiger partial charge in [0, 0.05) is 49.7 Å². The van der Waals surface area contributed by atoms with Crippen LogP contribution in [0.25, 0.3) is 0 Å². The molecule has 0 aromatic rings. The summed E-state index contributed by atoms with van der Waals surface area (Å²) in [5.41, 5.74) is 0. The molecule has 0 nitrogen and oxygen atoms in total. The van der Waals surface area contributed by atoms with E-state index in [0.29, 0.717) is 0 Å². The Labute approximate surface area is 88.5 Å². The molecule has 8 heavy (non-hydrogen) atoms. The van der Waals surface area contributed by atoms with Crippen LogP contribution in [0.3, 0.4) is 0 Å². The van der Waals surface area contributed by atoms with E-state index < -0.39 is 0 Å². The number of rotatable bonds is 0. The molecule has 1 saturated carbocycles. The molecule has 1 radical (unpaired) electrons. The van der Waals surface area contributed by atoms with Gasteiger partial charge in [-0.2, -0.15) is 19.8 Å². The minimum atomic E-state index is 0. The quantitative estimate of drug-likeness (QED) is 0.572. The van der Waals surface area contributed by atoms with Crippen molar-refractivity contribution in [1.82, 2.24) is 0 Å². The van der Waals surface area contributed by atoms with Crippen molar-refractivity contribution in [2.45, 2.75) is 26.2 Å². The van der Waals surface area contributed by atoms with Gasteiger partial charge in [-0.25, -0.2) is 0 Å². The predicted molar refractivity (Wildman–Crippen MR) is 29.2 cm³/mol. The van der Waals surface area contributed by atoms with Crippen LogP contribution >= 0.6 is 0 Å². The average molecular weight is 373 g/mol. The fourth-order valence-electron chi connectivity index (χ4n) is 0.204. The smallest absolute Gasteiger partial charge is 0 e. The SMILES string of the molecule is [CH-]1CCC1.[CH2-]C.[U].[V]. The Hall–Kier alpha value is 1.64. The van der Waals surface area contributed by atoms with E-state index in [1.165, 1.54) is 19.3 Å². The maximum Gasteiger partial charge on any atom is 0 e. The van der Waals surface area contributed by atoms with Crippen molar-refractivity contribution < 1.29 is 49.7 Å². The van der Waals surface area contributed by atoms with E-state index in [9.17, 15) is 0 Å². The third-order valence-corrected chi connectivity index (χ3v) is 0.816. The van der Waals surface area contributed by atoms with Gasteiger partial charge < -0.3 is 13.3 Å². The van der Waals surface area contributed by atoms with Gasteiger partial charge in [0.25, 0.3) is 0 Å². The molecule has 0 heterocycles. The largest absolute Gasteiger partial charge is 0.346 e. The van der Waals surface area contributed by atoms with Crippen LogP contribution in [0.4, 0.5) is 0 Å². The molecule has 1 aliphatic rings. The van der Waals surface area contributed by atoms with E-state index in [0.717, 1.165) is 0 Å². The van der Waals surface area contributed by atoms with Gasteiger partial charge in [-0.05, 0) is 0 Å². The Morgan fingerprint density at radius 3 is 1.38 bits per heavy atom. The van der Waals surface area contributed by atoms with Crippen LogP contribution in [0.1, 0.15) is 26.2 Å². The molecule has 47 valence electrons. The summed E-state index contributed by atoms with van der Waals surface area (Å²) in [4.78, 5) is 0. The summed E-state index contributed by atoms with van der Waals surface area (Å²) in [5.74, 6) is 0. The molecule has 0 aliphatic heterocycles. The van der Waals surface area contributed by atoms with Gasteiger partial charge in [0.15, 0.2) is 0 Å². The topological polar surface area (TPSA) is 0 Å². The van der Waals surface area contributed by atoms with E-state index in [-0.39, 0.29) is 49.7 Å². The molecule has 0 aromatic carbocycles. The second kappa shape index (κ2) is 15.9. The minimum absolute atomic E-state index is 0. The summed E-state index contributed by atoms with van der Waals surface area (Å²) < 4.78 is 0. The third-order valence-electron chi connectivity index (χ3n) is 0.816. The molecule has 0 amide bonds. The summed E-state index contributed by atoms with van der Waals surface area (Å²) in [6, 6.07) is 0. The molecule has 0 spiro atoms. The van der Waals surface area contributed by atoms with Crippen molar-refractivity contribution in [3.8, 4) is 0 Å². The second-order valence-electron chi connectivity index (χ2n) is 1.22. The van der Waals surface area contributed by atoms with Crippen LogP contribution in [0.5, 0.6) is 0 Å². The molecule has 0 unspecified atom stereocenters. The first kappa shape index (κ1) is 16.3. The Bertz CT molecular complexity index is 16.5. The number of hydrogen-bond acceptors (Lipinski definition) is 0. The first-order valence-electron chi connectivity index (χ1n) is 2.52. The Kier molecular flexibility index (Phi) is 32.3. The van der Waals surface area contributed by atoms with Crippen LogP contribution < -0.4 is 0 Å². The zero-order valence-corrected chi connectivity index (χ0v) is 10.9. The van der Waals surface area contributed by atoms with Crippen LogP contribution in [-0.2, 0) is 18.6 Å². The zero-order valence-electron chi connectivity index (χ0n) is 5.35. The van der Waals surface area contributed by atoms with Gasteiger partial charge >= 0.3 is 0 Å². The van der Waals surface area contributed by atoms with Crippen LogP contribution in [0.15, 0.2) is 0 Å². The van der Waals surface area contributed by atoms with E-state index >= 15 is 0 Å². The molecule has 0 bridgehead atoms. The van der Waals surface area contributed by atoms with E-state index in [1.807, 2.05) is 0 Å². The van der Waals surface area contributed by atoms with Crippen LogP contribution in [-0.4, -0.2) is 0 Å². The molecule has 0 aromatic heterocycles. The standard InChI is InChI=1S/C4H7.C2H5.U.V/c1-2-4-3-1;1-2;;/h1H,2-4H2;1H2,2H3;;/q2*-1;;. The summed E-state index contributed by atoms with van der Waals surface area (Å²) >= 11 is 0. The normalized spacial score (nSPS) is 12.8. The van der Waals surface area contributed by atoms with Gasteiger partial charge in [-0.15, -0.1) is 6.42 Å². The molecule has 1 rings (SSSR count). The third kappa shape index (κ3) is 10.6. The molecule has 1 aliphatic carbocycles. The first-order valence-corrected chi connectivity index (χ1v) is 2.52. The number of hydrogen-bond donors (Lipinski definition) is 0. The van der Waals surface area contributed by atoms with Gasteiger partial charge in [0.2, 0.25) is 0 Å². The molecule has 0 saturated heterocycles. The summed E-state index contributed by atoms with van der Waals surface area (Å²) in [6.07, 6.45) is 6.50. The molecule has 0 N–H and O–H groups in total. The van der Waals surface area contributed by atoms with Crippen LogP contribution in [0.2, 0.25) is 0 Å². The summed E-state index contributed by atoms with van der Waals surface area (Å²) in [5, 5.41) is 0. The first-order chi connectivity index (χ1) is 3.00. The summed E-state index contributed by atoms with van der Waals surface area (Å²) in [7, 11) is 0. The van der Waals surface area contributed by atoms with Crippen molar-refractivity contribution in [2.75, 3.05) is 0 Å². The molecule has 0 atom stereocenters. The van der Waals surface area contributed by atoms with E-state index in [1.54, 1.807) is 6.92 Å². The van der Waals surface area contributed by atoms with E-state index in [2.05, 4.69) is 13.3 Å². The molecule has 1 fully saturated rings. The van der Waals surface area contributed by atoms with Crippen molar-refractivity contribution in [1.29, 1.82) is 0 Å². The van der Waals surface area contributed by atoms with Gasteiger partial charge in [0.05, 0.1) is 0 Å². The predicted octanol–water partition coefficient (Wildman–Crippen LogP) is 2.21. The maximum absolute atomic E-state index is 3.25. The maximum atomic E-state index is 3.25. The van der Waals surface area contributed by atoms with Crippen molar-refractivity contribution in [2.24, 2.45) is 0 Å². The fraction of sp³-hybridized carbons (Fsp3) is 0.667. The Morgan fingerprint density at radius 1 is 1.25 bits per heavy atom.